The third-order valence-electron chi connectivity index (χ3n) is 6.06. The molecule has 0 aromatic heterocycles. The van der Waals surface area contributed by atoms with Crippen molar-refractivity contribution in [2.45, 2.75) is 66.0 Å². The van der Waals surface area contributed by atoms with Gasteiger partial charge in [0.2, 0.25) is 21.8 Å². The second-order valence-corrected chi connectivity index (χ2v) is 11.1. The monoisotopic (exact) mass is 501 g/mol. The summed E-state index contributed by atoms with van der Waals surface area (Å²) >= 11 is 0. The van der Waals surface area contributed by atoms with E-state index in [1.54, 1.807) is 12.1 Å². The maximum Gasteiger partial charge on any atom is 0.244 e. The fraction of sp³-hybridized carbons (Fsp3) is 0.481. The number of hydrogen-bond acceptors (Lipinski definition) is 4. The van der Waals surface area contributed by atoms with Gasteiger partial charge in [-0.25, -0.2) is 8.42 Å². The van der Waals surface area contributed by atoms with Crippen LogP contribution < -0.4 is 9.62 Å². The molecule has 35 heavy (non-hydrogen) atoms. The Morgan fingerprint density at radius 2 is 1.63 bits per heavy atom. The Kier molecular flexibility index (Phi) is 10.3. The zero-order valence-corrected chi connectivity index (χ0v) is 22.6. The lowest BCUT2D eigenvalue weighted by Crippen LogP contribution is -2.52. The van der Waals surface area contributed by atoms with E-state index < -0.39 is 22.0 Å². The maximum absolute atomic E-state index is 13.7. The van der Waals surface area contributed by atoms with E-state index in [1.165, 1.54) is 4.90 Å². The molecule has 0 unspecified atom stereocenters. The minimum Gasteiger partial charge on any atom is -0.354 e. The van der Waals surface area contributed by atoms with Crippen molar-refractivity contribution < 1.29 is 18.0 Å². The van der Waals surface area contributed by atoms with Crippen LogP contribution >= 0.6 is 0 Å². The number of nitrogens with zero attached hydrogens (tertiary/aromatic N) is 2. The molecular formula is C27H39N3O4S. The fourth-order valence-electron chi connectivity index (χ4n) is 3.90. The first kappa shape index (κ1) is 28.4. The van der Waals surface area contributed by atoms with Gasteiger partial charge in [-0.1, -0.05) is 64.1 Å². The molecule has 2 rings (SSSR count). The highest BCUT2D eigenvalue weighted by atomic mass is 32.2. The fourth-order valence-corrected chi connectivity index (χ4v) is 4.75. The lowest BCUT2D eigenvalue weighted by Gasteiger charge is -2.33. The molecule has 0 aliphatic heterocycles. The predicted molar refractivity (Wildman–Crippen MR) is 142 cm³/mol. The summed E-state index contributed by atoms with van der Waals surface area (Å²) < 4.78 is 26.5. The van der Waals surface area contributed by atoms with E-state index in [1.807, 2.05) is 57.2 Å². The van der Waals surface area contributed by atoms with Crippen molar-refractivity contribution in [2.24, 2.45) is 0 Å². The van der Waals surface area contributed by atoms with Gasteiger partial charge in [0.05, 0.1) is 11.9 Å². The molecule has 2 aromatic carbocycles. The third-order valence-corrected chi connectivity index (χ3v) is 7.20. The van der Waals surface area contributed by atoms with Gasteiger partial charge < -0.3 is 10.2 Å². The average Bonchev–Trinajstić information content (AvgIpc) is 2.81. The molecule has 0 saturated carbocycles. The quantitative estimate of drug-likeness (QED) is 0.472. The van der Waals surface area contributed by atoms with Crippen LogP contribution in [0.4, 0.5) is 5.69 Å². The molecule has 1 N–H and O–H groups in total. The van der Waals surface area contributed by atoms with E-state index in [-0.39, 0.29) is 19.0 Å². The number of benzene rings is 2. The molecule has 0 spiro atoms. The molecule has 2 amide bonds. The normalized spacial score (nSPS) is 12.3. The van der Waals surface area contributed by atoms with Gasteiger partial charge in [0, 0.05) is 13.1 Å². The third kappa shape index (κ3) is 7.82. The first-order chi connectivity index (χ1) is 16.5. The highest BCUT2D eigenvalue weighted by molar-refractivity contribution is 7.92. The minimum atomic E-state index is -3.74. The predicted octanol–water partition coefficient (Wildman–Crippen LogP) is 4.22. The Morgan fingerprint density at radius 3 is 2.14 bits per heavy atom. The molecule has 0 fully saturated rings. The number of aryl methyl sites for hydroxylation is 1. The zero-order chi connectivity index (χ0) is 26.2. The number of nitrogens with one attached hydrogen (secondary N) is 1. The molecule has 8 heteroatoms. The summed E-state index contributed by atoms with van der Waals surface area (Å²) in [5, 5.41) is 2.89. The van der Waals surface area contributed by atoms with E-state index in [4.69, 9.17) is 0 Å². The first-order valence-electron chi connectivity index (χ1n) is 12.2. The Labute approximate surface area is 210 Å². The van der Waals surface area contributed by atoms with Crippen LogP contribution in [-0.2, 0) is 26.2 Å². The van der Waals surface area contributed by atoms with Gasteiger partial charge in [-0.15, -0.1) is 0 Å². The number of sulfonamides is 1. The van der Waals surface area contributed by atoms with Crippen molar-refractivity contribution in [2.75, 3.05) is 23.7 Å². The van der Waals surface area contributed by atoms with Gasteiger partial charge in [0.1, 0.15) is 12.6 Å². The van der Waals surface area contributed by atoms with Gasteiger partial charge in [-0.05, 0) is 54.5 Å². The molecule has 0 aliphatic rings. The van der Waals surface area contributed by atoms with Gasteiger partial charge in [0.15, 0.2) is 0 Å². The Bertz CT molecular complexity index is 1100. The van der Waals surface area contributed by atoms with Crippen LogP contribution in [0.3, 0.4) is 0 Å². The molecule has 0 radical (unpaired) electrons. The molecule has 0 heterocycles. The summed E-state index contributed by atoms with van der Waals surface area (Å²) in [6.45, 7) is 10.2. The van der Waals surface area contributed by atoms with Crippen molar-refractivity contribution in [1.29, 1.82) is 0 Å². The van der Waals surface area contributed by atoms with Gasteiger partial charge >= 0.3 is 0 Å². The highest BCUT2D eigenvalue weighted by Crippen LogP contribution is 2.23. The van der Waals surface area contributed by atoms with Crippen LogP contribution in [0.1, 0.15) is 63.1 Å². The highest BCUT2D eigenvalue weighted by Gasteiger charge is 2.31. The van der Waals surface area contributed by atoms with E-state index in [0.29, 0.717) is 24.6 Å². The van der Waals surface area contributed by atoms with E-state index in [9.17, 15) is 18.0 Å². The number of hydrogen-bond donors (Lipinski definition) is 1. The molecular weight excluding hydrogens is 462 g/mol. The Balaban J connectivity index is 2.43. The molecule has 0 aliphatic carbocycles. The van der Waals surface area contributed by atoms with Crippen LogP contribution in [0.15, 0.2) is 48.5 Å². The Hall–Kier alpha value is -2.87. The molecule has 2 aromatic rings. The van der Waals surface area contributed by atoms with Crippen LogP contribution in [0, 0.1) is 6.92 Å². The topological polar surface area (TPSA) is 86.8 Å². The van der Waals surface area contributed by atoms with Crippen molar-refractivity contribution in [1.82, 2.24) is 10.2 Å². The maximum atomic E-state index is 13.7. The largest absolute Gasteiger partial charge is 0.354 e. The van der Waals surface area contributed by atoms with E-state index in [2.05, 4.69) is 19.2 Å². The lowest BCUT2D eigenvalue weighted by atomic mass is 10.0. The van der Waals surface area contributed by atoms with Crippen LogP contribution in [0.2, 0.25) is 0 Å². The summed E-state index contributed by atoms with van der Waals surface area (Å²) in [6.07, 6.45) is 2.28. The number of carbonyl (C=O) groups excluding carboxylic acids is 2. The van der Waals surface area contributed by atoms with E-state index in [0.717, 1.165) is 33.7 Å². The Morgan fingerprint density at radius 1 is 1.00 bits per heavy atom. The number of carbonyl (C=O) groups is 2. The van der Waals surface area contributed by atoms with E-state index >= 15 is 0 Å². The van der Waals surface area contributed by atoms with Crippen molar-refractivity contribution in [3.05, 3.63) is 65.2 Å². The first-order valence-corrected chi connectivity index (χ1v) is 14.0. The van der Waals surface area contributed by atoms with Crippen LogP contribution in [0.25, 0.3) is 0 Å². The summed E-state index contributed by atoms with van der Waals surface area (Å²) in [4.78, 5) is 28.2. The SMILES string of the molecule is CCCNC(=O)[C@@H](CC)N(Cc1ccccc1C)C(=O)CN(c1ccc(C(C)C)cc1)S(C)(=O)=O. The van der Waals surface area contributed by atoms with Crippen molar-refractivity contribution >= 4 is 27.5 Å². The van der Waals surface area contributed by atoms with Crippen molar-refractivity contribution in [3.8, 4) is 0 Å². The molecule has 0 bridgehead atoms. The number of rotatable bonds is 12. The molecule has 7 nitrogen and oxygen atoms in total. The van der Waals surface area contributed by atoms with Crippen molar-refractivity contribution in [3.63, 3.8) is 0 Å². The minimum absolute atomic E-state index is 0.216. The second kappa shape index (κ2) is 12.7. The second-order valence-electron chi connectivity index (χ2n) is 9.18. The average molecular weight is 502 g/mol. The number of anilines is 1. The van der Waals surface area contributed by atoms with Crippen LogP contribution in [-0.4, -0.2) is 50.5 Å². The van der Waals surface area contributed by atoms with Gasteiger partial charge in [0.25, 0.3) is 0 Å². The molecule has 1 atom stereocenters. The number of amides is 2. The zero-order valence-electron chi connectivity index (χ0n) is 21.7. The standard InChI is InChI=1S/C27H39N3O4S/c1-7-17-28-27(32)25(8-2)29(18-23-12-10-9-11-21(23)5)26(31)19-30(35(6,33)34)24-15-13-22(14-16-24)20(3)4/h9-16,20,25H,7-8,17-19H2,1-6H3,(H,28,32)/t25-/m1/s1. The molecule has 0 saturated heterocycles. The molecule has 192 valence electrons. The smallest absolute Gasteiger partial charge is 0.244 e. The van der Waals surface area contributed by atoms with Crippen LogP contribution in [0.5, 0.6) is 0 Å². The summed E-state index contributed by atoms with van der Waals surface area (Å²) in [6, 6.07) is 14.2. The summed E-state index contributed by atoms with van der Waals surface area (Å²) in [5.41, 5.74) is 3.41. The van der Waals surface area contributed by atoms with Gasteiger partial charge in [-0.3, -0.25) is 13.9 Å². The summed E-state index contributed by atoms with van der Waals surface area (Å²) in [7, 11) is -3.74. The lowest BCUT2D eigenvalue weighted by molar-refractivity contribution is -0.140. The van der Waals surface area contributed by atoms with Gasteiger partial charge in [-0.2, -0.15) is 0 Å². The summed E-state index contributed by atoms with van der Waals surface area (Å²) in [5.74, 6) is -0.359.